The molecule has 0 saturated carbocycles. The normalized spacial score (nSPS) is 11.5. The predicted octanol–water partition coefficient (Wildman–Crippen LogP) is 2.44. The summed E-state index contributed by atoms with van der Waals surface area (Å²) in [6, 6.07) is 11.7. The van der Waals surface area contributed by atoms with Crippen LogP contribution >= 0.6 is 0 Å². The third-order valence-electron chi connectivity index (χ3n) is 3.15. The van der Waals surface area contributed by atoms with Gasteiger partial charge in [-0.1, -0.05) is 30.3 Å². The molecule has 6 heteroatoms. The monoisotopic (exact) mass is 294 g/mol. The number of hydrogen-bond donors (Lipinski definition) is 2. The van der Waals surface area contributed by atoms with Gasteiger partial charge in [0.1, 0.15) is 6.33 Å². The molecular weight excluding hydrogens is 280 g/mol. The highest BCUT2D eigenvalue weighted by Gasteiger charge is 2.10. The van der Waals surface area contributed by atoms with Gasteiger partial charge in [-0.3, -0.25) is 9.89 Å². The maximum absolute atomic E-state index is 12.1. The van der Waals surface area contributed by atoms with E-state index < -0.39 is 0 Å². The van der Waals surface area contributed by atoms with Gasteiger partial charge in [-0.05, 0) is 11.6 Å². The van der Waals surface area contributed by atoms with Gasteiger partial charge in [-0.25, -0.2) is 4.98 Å². The first-order valence-electron chi connectivity index (χ1n) is 6.73. The molecule has 0 aliphatic heterocycles. The highest BCUT2D eigenvalue weighted by molar-refractivity contribution is 6.07. The second kappa shape index (κ2) is 6.09. The number of hydrogen-bond acceptors (Lipinski definition) is 4. The number of aliphatic hydroxyl groups excluding tert-OH is 1. The van der Waals surface area contributed by atoms with Crippen molar-refractivity contribution < 1.29 is 9.90 Å². The molecule has 0 unspecified atom stereocenters. The van der Waals surface area contributed by atoms with Crippen molar-refractivity contribution in [3.8, 4) is 0 Å². The van der Waals surface area contributed by atoms with Crippen molar-refractivity contribution in [3.05, 3.63) is 78.1 Å². The van der Waals surface area contributed by atoms with Crippen molar-refractivity contribution >= 4 is 11.5 Å². The maximum atomic E-state index is 12.1. The van der Waals surface area contributed by atoms with E-state index in [1.165, 1.54) is 6.33 Å². The van der Waals surface area contributed by atoms with Crippen molar-refractivity contribution in [2.45, 2.75) is 6.54 Å². The Kier molecular flexibility index (Phi) is 3.82. The second-order valence-corrected chi connectivity index (χ2v) is 4.77. The number of carbonyl (C=O) groups is 1. The summed E-state index contributed by atoms with van der Waals surface area (Å²) in [6.45, 7) is 0.685. The summed E-state index contributed by atoms with van der Waals surface area (Å²) in [5, 5.41) is 16.0. The standard InChI is InChI=1S/C16H14N4O2/c21-14(8-15(22)16-17-11-18-19-16)13-6-7-20(10-13)9-12-4-2-1-3-5-12/h1-8,10-11,22H,9H2,(H,17,18,19). The van der Waals surface area contributed by atoms with Gasteiger partial charge in [0.2, 0.25) is 5.82 Å². The zero-order chi connectivity index (χ0) is 15.4. The van der Waals surface area contributed by atoms with Crippen LogP contribution in [0.15, 0.2) is 61.2 Å². The molecule has 0 atom stereocenters. The van der Waals surface area contributed by atoms with Gasteiger partial charge in [0, 0.05) is 30.6 Å². The number of allylic oxidation sites excluding steroid dienone is 1. The molecule has 6 nitrogen and oxygen atoms in total. The number of nitrogens with one attached hydrogen (secondary N) is 1. The smallest absolute Gasteiger partial charge is 0.215 e. The molecule has 0 aliphatic carbocycles. The van der Waals surface area contributed by atoms with Crippen LogP contribution in [0.2, 0.25) is 0 Å². The Balaban J connectivity index is 1.73. The summed E-state index contributed by atoms with van der Waals surface area (Å²) in [4.78, 5) is 15.9. The molecule has 1 aromatic carbocycles. The van der Waals surface area contributed by atoms with E-state index in [1.54, 1.807) is 12.3 Å². The number of ketones is 1. The van der Waals surface area contributed by atoms with Crippen molar-refractivity contribution in [2.24, 2.45) is 0 Å². The topological polar surface area (TPSA) is 83.8 Å². The molecule has 2 heterocycles. The molecule has 3 aromatic rings. The number of aromatic amines is 1. The Morgan fingerprint density at radius 1 is 1.27 bits per heavy atom. The van der Waals surface area contributed by atoms with Gasteiger partial charge in [-0.15, -0.1) is 0 Å². The Morgan fingerprint density at radius 2 is 2.09 bits per heavy atom. The van der Waals surface area contributed by atoms with E-state index in [1.807, 2.05) is 41.1 Å². The predicted molar refractivity (Wildman–Crippen MR) is 81.3 cm³/mol. The summed E-state index contributed by atoms with van der Waals surface area (Å²) in [7, 11) is 0. The van der Waals surface area contributed by atoms with E-state index in [0.29, 0.717) is 12.1 Å². The molecule has 0 bridgehead atoms. The first-order valence-corrected chi connectivity index (χ1v) is 6.73. The Hall–Kier alpha value is -3.15. The lowest BCUT2D eigenvalue weighted by Crippen LogP contribution is -1.98. The summed E-state index contributed by atoms with van der Waals surface area (Å²) in [6.07, 6.45) is 6.03. The van der Waals surface area contributed by atoms with Crippen LogP contribution in [0, 0.1) is 0 Å². The van der Waals surface area contributed by atoms with E-state index in [2.05, 4.69) is 15.2 Å². The number of carbonyl (C=O) groups excluding carboxylic acids is 1. The molecule has 0 fully saturated rings. The number of aliphatic hydroxyl groups is 1. The van der Waals surface area contributed by atoms with Crippen LogP contribution in [-0.4, -0.2) is 30.6 Å². The average molecular weight is 294 g/mol. The van der Waals surface area contributed by atoms with E-state index in [9.17, 15) is 9.90 Å². The van der Waals surface area contributed by atoms with Crippen molar-refractivity contribution in [1.82, 2.24) is 19.7 Å². The third-order valence-corrected chi connectivity index (χ3v) is 3.15. The van der Waals surface area contributed by atoms with Crippen LogP contribution in [-0.2, 0) is 6.54 Å². The Bertz CT molecular complexity index is 789. The third kappa shape index (κ3) is 3.12. The number of aromatic nitrogens is 4. The minimum atomic E-state index is -0.297. The molecule has 0 aliphatic rings. The molecule has 0 radical (unpaired) electrons. The zero-order valence-corrected chi connectivity index (χ0v) is 11.7. The fourth-order valence-corrected chi connectivity index (χ4v) is 2.08. The number of nitrogens with zero attached hydrogens (tertiary/aromatic N) is 3. The van der Waals surface area contributed by atoms with Crippen LogP contribution in [0.4, 0.5) is 0 Å². The molecule has 0 saturated heterocycles. The first-order chi connectivity index (χ1) is 10.7. The van der Waals surface area contributed by atoms with Crippen molar-refractivity contribution in [1.29, 1.82) is 0 Å². The SMILES string of the molecule is O=C(C=C(O)c1nc[nH]n1)c1ccn(Cc2ccccc2)c1. The van der Waals surface area contributed by atoms with Gasteiger partial charge in [0.05, 0.1) is 0 Å². The van der Waals surface area contributed by atoms with Gasteiger partial charge < -0.3 is 9.67 Å². The molecular formula is C16H14N4O2. The van der Waals surface area contributed by atoms with Gasteiger partial charge in [0.25, 0.3) is 0 Å². The summed E-state index contributed by atoms with van der Waals surface area (Å²) >= 11 is 0. The number of benzene rings is 1. The fraction of sp³-hybridized carbons (Fsp3) is 0.0625. The second-order valence-electron chi connectivity index (χ2n) is 4.77. The molecule has 0 amide bonds. The zero-order valence-electron chi connectivity index (χ0n) is 11.7. The minimum Gasteiger partial charge on any atom is -0.504 e. The van der Waals surface area contributed by atoms with Gasteiger partial charge >= 0.3 is 0 Å². The van der Waals surface area contributed by atoms with E-state index >= 15 is 0 Å². The summed E-state index contributed by atoms with van der Waals surface area (Å²) < 4.78 is 1.92. The molecule has 22 heavy (non-hydrogen) atoms. The lowest BCUT2D eigenvalue weighted by molar-refractivity contribution is 0.104. The highest BCUT2D eigenvalue weighted by atomic mass is 16.3. The van der Waals surface area contributed by atoms with Crippen LogP contribution in [0.5, 0.6) is 0 Å². The Labute approximate surface area is 126 Å². The lowest BCUT2D eigenvalue weighted by Gasteiger charge is -2.02. The minimum absolute atomic E-state index is 0.0945. The average Bonchev–Trinajstić information content (AvgIpc) is 3.19. The van der Waals surface area contributed by atoms with Crippen LogP contribution in [0.3, 0.4) is 0 Å². The maximum Gasteiger partial charge on any atom is 0.215 e. The first kappa shape index (κ1) is 13.8. The number of rotatable bonds is 5. The van der Waals surface area contributed by atoms with E-state index in [4.69, 9.17) is 0 Å². The fourth-order valence-electron chi connectivity index (χ4n) is 2.08. The van der Waals surface area contributed by atoms with E-state index in [0.717, 1.165) is 11.6 Å². The van der Waals surface area contributed by atoms with Crippen molar-refractivity contribution in [2.75, 3.05) is 0 Å². The van der Waals surface area contributed by atoms with Gasteiger partial charge in [-0.2, -0.15) is 5.10 Å². The lowest BCUT2D eigenvalue weighted by atomic mass is 10.2. The van der Waals surface area contributed by atoms with Gasteiger partial charge in [0.15, 0.2) is 11.5 Å². The molecule has 110 valence electrons. The van der Waals surface area contributed by atoms with Crippen LogP contribution in [0.1, 0.15) is 21.7 Å². The quantitative estimate of drug-likeness (QED) is 0.430. The molecule has 3 rings (SSSR count). The van der Waals surface area contributed by atoms with E-state index in [-0.39, 0.29) is 17.4 Å². The van der Waals surface area contributed by atoms with Crippen molar-refractivity contribution in [3.63, 3.8) is 0 Å². The van der Waals surface area contributed by atoms with Crippen LogP contribution in [0.25, 0.3) is 5.76 Å². The molecule has 2 N–H and O–H groups in total. The molecule has 0 spiro atoms. The largest absolute Gasteiger partial charge is 0.504 e. The summed E-state index contributed by atoms with van der Waals surface area (Å²) in [5.41, 5.74) is 1.65. The summed E-state index contributed by atoms with van der Waals surface area (Å²) in [5.74, 6) is -0.465. The number of H-pyrrole nitrogens is 1. The highest BCUT2D eigenvalue weighted by Crippen LogP contribution is 2.10. The Morgan fingerprint density at radius 3 is 2.82 bits per heavy atom. The van der Waals surface area contributed by atoms with Crippen LogP contribution < -0.4 is 0 Å². The molecule has 2 aromatic heterocycles.